The summed E-state index contributed by atoms with van der Waals surface area (Å²) in [6.07, 6.45) is -0.339. The third-order valence-electron chi connectivity index (χ3n) is 5.67. The predicted octanol–water partition coefficient (Wildman–Crippen LogP) is 1.65. The summed E-state index contributed by atoms with van der Waals surface area (Å²) in [5, 5.41) is 5.60. The van der Waals surface area contributed by atoms with Crippen LogP contribution in [0.25, 0.3) is 0 Å². The Morgan fingerprint density at radius 1 is 1.03 bits per heavy atom. The molecular formula is C23H32N4O7. The molecule has 3 amide bonds. The Morgan fingerprint density at radius 3 is 2.35 bits per heavy atom. The lowest BCUT2D eigenvalue weighted by Gasteiger charge is -2.36. The average Bonchev–Trinajstić information content (AvgIpc) is 2.83. The molecule has 0 radical (unpaired) electrons. The minimum absolute atomic E-state index is 0.184. The molecule has 2 aliphatic heterocycles. The van der Waals surface area contributed by atoms with E-state index in [1.165, 1.54) is 14.2 Å². The van der Waals surface area contributed by atoms with Gasteiger partial charge in [-0.25, -0.2) is 14.4 Å². The molecule has 2 N–H and O–H groups in total. The molecule has 0 bridgehead atoms. The largest absolute Gasteiger partial charge is 0.493 e. The van der Waals surface area contributed by atoms with Crippen LogP contribution in [0.3, 0.4) is 0 Å². The molecule has 11 heteroatoms. The molecule has 0 spiro atoms. The fourth-order valence-electron chi connectivity index (χ4n) is 4.09. The van der Waals surface area contributed by atoms with E-state index in [4.69, 9.17) is 18.9 Å². The SMILES string of the molecule is CCOC(=O)C1=C(CN2CCN(C(=O)OCC)CC2)NC(=O)N[C@H]1c1cccc(OC)c1OC. The fourth-order valence-corrected chi connectivity index (χ4v) is 4.09. The van der Waals surface area contributed by atoms with E-state index in [9.17, 15) is 14.4 Å². The van der Waals surface area contributed by atoms with Crippen LogP contribution in [0.4, 0.5) is 9.59 Å². The molecule has 1 aromatic rings. The molecule has 0 saturated carbocycles. The van der Waals surface area contributed by atoms with E-state index >= 15 is 0 Å². The number of methoxy groups -OCH3 is 2. The van der Waals surface area contributed by atoms with Gasteiger partial charge in [-0.2, -0.15) is 0 Å². The van der Waals surface area contributed by atoms with Crippen molar-refractivity contribution in [3.63, 3.8) is 0 Å². The first-order valence-electron chi connectivity index (χ1n) is 11.3. The minimum atomic E-state index is -0.798. The second-order valence-electron chi connectivity index (χ2n) is 7.69. The van der Waals surface area contributed by atoms with Gasteiger partial charge in [-0.05, 0) is 19.9 Å². The Labute approximate surface area is 198 Å². The second kappa shape index (κ2) is 11.6. The van der Waals surface area contributed by atoms with Crippen molar-refractivity contribution in [3.05, 3.63) is 35.0 Å². The number of carbonyl (C=O) groups excluding carboxylic acids is 3. The van der Waals surface area contributed by atoms with Gasteiger partial charge in [-0.1, -0.05) is 12.1 Å². The topological polar surface area (TPSA) is 119 Å². The highest BCUT2D eigenvalue weighted by molar-refractivity contribution is 5.95. The first kappa shape index (κ1) is 25.2. The zero-order valence-electron chi connectivity index (χ0n) is 20.0. The van der Waals surface area contributed by atoms with Crippen LogP contribution in [-0.2, 0) is 14.3 Å². The van der Waals surface area contributed by atoms with Gasteiger partial charge >= 0.3 is 18.1 Å². The molecule has 0 aromatic heterocycles. The molecule has 2 heterocycles. The molecule has 0 aliphatic carbocycles. The van der Waals surface area contributed by atoms with E-state index in [1.807, 2.05) is 0 Å². The number of hydrogen-bond acceptors (Lipinski definition) is 8. The molecule has 1 aromatic carbocycles. The number of urea groups is 1. The third-order valence-corrected chi connectivity index (χ3v) is 5.67. The van der Waals surface area contributed by atoms with Gasteiger partial charge in [-0.15, -0.1) is 0 Å². The highest BCUT2D eigenvalue weighted by Gasteiger charge is 2.37. The highest BCUT2D eigenvalue weighted by atomic mass is 16.6. The first-order chi connectivity index (χ1) is 16.4. The fraction of sp³-hybridized carbons (Fsp3) is 0.522. The van der Waals surface area contributed by atoms with Crippen LogP contribution in [0.15, 0.2) is 29.5 Å². The summed E-state index contributed by atoms with van der Waals surface area (Å²) in [4.78, 5) is 41.4. The number of para-hydroxylation sites is 1. The number of ether oxygens (including phenoxy) is 4. The quantitative estimate of drug-likeness (QED) is 0.544. The van der Waals surface area contributed by atoms with Crippen LogP contribution >= 0.6 is 0 Å². The Bertz CT molecular complexity index is 941. The molecule has 1 fully saturated rings. The normalized spacial score (nSPS) is 18.6. The van der Waals surface area contributed by atoms with Gasteiger partial charge in [0.15, 0.2) is 11.5 Å². The number of nitrogens with one attached hydrogen (secondary N) is 2. The van der Waals surface area contributed by atoms with Crippen LogP contribution in [0.1, 0.15) is 25.5 Å². The van der Waals surface area contributed by atoms with Gasteiger partial charge in [0, 0.05) is 44.0 Å². The van der Waals surface area contributed by atoms with Crippen molar-refractivity contribution >= 4 is 18.1 Å². The van der Waals surface area contributed by atoms with E-state index in [0.717, 1.165) is 0 Å². The molecule has 186 valence electrons. The van der Waals surface area contributed by atoms with Crippen LogP contribution < -0.4 is 20.1 Å². The van der Waals surface area contributed by atoms with E-state index in [1.54, 1.807) is 36.9 Å². The maximum absolute atomic E-state index is 13.1. The number of rotatable bonds is 8. The molecule has 34 heavy (non-hydrogen) atoms. The lowest BCUT2D eigenvalue weighted by molar-refractivity contribution is -0.139. The first-order valence-corrected chi connectivity index (χ1v) is 11.3. The molecule has 3 rings (SSSR count). The number of amides is 3. The van der Waals surface area contributed by atoms with E-state index in [-0.39, 0.29) is 12.7 Å². The summed E-state index contributed by atoms with van der Waals surface area (Å²) in [5.74, 6) is 0.360. The third kappa shape index (κ3) is 5.53. The lowest BCUT2D eigenvalue weighted by atomic mass is 9.93. The van der Waals surface area contributed by atoms with Crippen LogP contribution in [0.5, 0.6) is 11.5 Å². The number of esters is 1. The summed E-state index contributed by atoms with van der Waals surface area (Å²) in [6.45, 7) is 6.41. The Balaban J connectivity index is 1.92. The Morgan fingerprint density at radius 2 is 1.74 bits per heavy atom. The smallest absolute Gasteiger partial charge is 0.409 e. The van der Waals surface area contributed by atoms with Crippen molar-refractivity contribution < 1.29 is 33.3 Å². The van der Waals surface area contributed by atoms with Gasteiger partial charge in [0.25, 0.3) is 0 Å². The maximum Gasteiger partial charge on any atom is 0.409 e. The number of benzene rings is 1. The Kier molecular flexibility index (Phi) is 8.58. The van der Waals surface area contributed by atoms with E-state index in [0.29, 0.717) is 67.7 Å². The molecule has 0 unspecified atom stereocenters. The minimum Gasteiger partial charge on any atom is -0.493 e. The van der Waals surface area contributed by atoms with Crippen molar-refractivity contribution in [1.82, 2.24) is 20.4 Å². The summed E-state index contributed by atoms with van der Waals surface area (Å²) >= 11 is 0. The van der Waals surface area contributed by atoms with Gasteiger partial charge in [0.2, 0.25) is 0 Å². The summed E-state index contributed by atoms with van der Waals surface area (Å²) in [5.41, 5.74) is 1.31. The van der Waals surface area contributed by atoms with Crippen molar-refractivity contribution in [2.45, 2.75) is 19.9 Å². The zero-order chi connectivity index (χ0) is 24.7. The second-order valence-corrected chi connectivity index (χ2v) is 7.69. The summed E-state index contributed by atoms with van der Waals surface area (Å²) in [6, 6.07) is 4.04. The lowest BCUT2D eigenvalue weighted by Crippen LogP contribution is -2.52. The number of hydrogen-bond donors (Lipinski definition) is 2. The van der Waals surface area contributed by atoms with Crippen molar-refractivity contribution in [3.8, 4) is 11.5 Å². The monoisotopic (exact) mass is 476 g/mol. The van der Waals surface area contributed by atoms with Crippen LogP contribution in [0, 0.1) is 0 Å². The molecule has 2 aliphatic rings. The molecule has 1 atom stereocenters. The van der Waals surface area contributed by atoms with Crippen molar-refractivity contribution in [2.75, 3.05) is 60.2 Å². The van der Waals surface area contributed by atoms with Crippen LogP contribution in [-0.4, -0.2) is 88.1 Å². The van der Waals surface area contributed by atoms with Crippen molar-refractivity contribution in [1.29, 1.82) is 0 Å². The number of nitrogens with zero attached hydrogens (tertiary/aromatic N) is 2. The number of piperazine rings is 1. The summed E-state index contributed by atoms with van der Waals surface area (Å²) < 4.78 is 21.4. The zero-order valence-corrected chi connectivity index (χ0v) is 20.0. The number of carbonyl (C=O) groups is 3. The molecular weight excluding hydrogens is 444 g/mol. The van der Waals surface area contributed by atoms with Crippen molar-refractivity contribution in [2.24, 2.45) is 0 Å². The van der Waals surface area contributed by atoms with Gasteiger partial charge in [-0.3, -0.25) is 4.90 Å². The van der Waals surface area contributed by atoms with E-state index in [2.05, 4.69) is 15.5 Å². The van der Waals surface area contributed by atoms with Gasteiger partial charge in [0.1, 0.15) is 0 Å². The maximum atomic E-state index is 13.1. The van der Waals surface area contributed by atoms with Gasteiger partial charge < -0.3 is 34.5 Å². The van der Waals surface area contributed by atoms with E-state index < -0.39 is 18.0 Å². The Hall–Kier alpha value is -3.47. The molecule has 1 saturated heterocycles. The standard InChI is InChI=1S/C23H32N4O7/c1-5-33-21(28)18-16(14-26-10-12-27(13-11-26)23(30)34-6-2)24-22(29)25-19(18)15-8-7-9-17(31-3)20(15)32-4/h7-9,19H,5-6,10-14H2,1-4H3,(H2,24,25,29)/t19-/m0/s1. The van der Waals surface area contributed by atoms with Crippen LogP contribution in [0.2, 0.25) is 0 Å². The predicted molar refractivity (Wildman–Crippen MR) is 123 cm³/mol. The summed E-state index contributed by atoms with van der Waals surface area (Å²) in [7, 11) is 3.02. The van der Waals surface area contributed by atoms with Gasteiger partial charge in [0.05, 0.1) is 39.0 Å². The highest BCUT2D eigenvalue weighted by Crippen LogP contribution is 2.39. The average molecular weight is 477 g/mol. The molecule has 11 nitrogen and oxygen atoms in total.